The van der Waals surface area contributed by atoms with E-state index in [-0.39, 0.29) is 5.97 Å². The molecule has 0 spiro atoms. The third kappa shape index (κ3) is 2.31. The summed E-state index contributed by atoms with van der Waals surface area (Å²) in [6.07, 6.45) is 0. The van der Waals surface area contributed by atoms with Crippen LogP contribution in [0.4, 0.5) is 5.69 Å². The number of nitrogen functional groups attached to an aromatic ring is 1. The van der Waals surface area contributed by atoms with Gasteiger partial charge in [-0.1, -0.05) is 60.7 Å². The first-order chi connectivity index (χ1) is 10.7. The van der Waals surface area contributed by atoms with E-state index in [1.807, 2.05) is 60.7 Å². The zero-order chi connectivity index (χ0) is 15.5. The lowest BCUT2D eigenvalue weighted by Gasteiger charge is -2.03. The van der Waals surface area contributed by atoms with Crippen molar-refractivity contribution in [1.82, 2.24) is 0 Å². The fraction of sp³-hybridized carbons (Fsp3) is 0.105. The van der Waals surface area contributed by atoms with Crippen LogP contribution in [0.2, 0.25) is 0 Å². The summed E-state index contributed by atoms with van der Waals surface area (Å²) in [5, 5.41) is 0. The highest BCUT2D eigenvalue weighted by Gasteiger charge is 2.26. The Labute approximate surface area is 129 Å². The summed E-state index contributed by atoms with van der Waals surface area (Å²) in [6.45, 7) is 2.11. The Bertz CT molecular complexity index is 781. The Morgan fingerprint density at radius 3 is 2.18 bits per heavy atom. The van der Waals surface area contributed by atoms with Crippen LogP contribution in [0.25, 0.3) is 22.3 Å². The molecule has 2 aliphatic carbocycles. The standard InChI is InChI=1S/C19H17NO2/c1-2-22-19(21)17-15-12-8-4-7-11-14(15)16(18(17)20)13-9-5-3-6-10-13/h3-12H,2,20H2,1H3. The lowest BCUT2D eigenvalue weighted by Crippen LogP contribution is -2.06. The summed E-state index contributed by atoms with van der Waals surface area (Å²) < 4.78 is 5.18. The van der Waals surface area contributed by atoms with E-state index >= 15 is 0 Å². The van der Waals surface area contributed by atoms with E-state index in [9.17, 15) is 4.79 Å². The van der Waals surface area contributed by atoms with Gasteiger partial charge in [0.15, 0.2) is 0 Å². The molecule has 0 radical (unpaired) electrons. The summed E-state index contributed by atoms with van der Waals surface area (Å²) in [7, 11) is 0. The molecule has 0 aliphatic heterocycles. The molecule has 0 bridgehead atoms. The number of anilines is 1. The SMILES string of the molecule is CCOC(=O)c1c2cccccc-2c(-c2ccccc2)c1N. The van der Waals surface area contributed by atoms with Crippen LogP contribution in [-0.2, 0) is 4.74 Å². The first-order valence-electron chi connectivity index (χ1n) is 7.26. The van der Waals surface area contributed by atoms with Gasteiger partial charge in [-0.15, -0.1) is 0 Å². The molecule has 0 heterocycles. The van der Waals surface area contributed by atoms with Crippen LogP contribution >= 0.6 is 0 Å². The predicted octanol–water partition coefficient (Wildman–Crippen LogP) is 4.22. The molecule has 3 heteroatoms. The van der Waals surface area contributed by atoms with Gasteiger partial charge in [-0.05, 0) is 23.6 Å². The highest BCUT2D eigenvalue weighted by molar-refractivity contribution is 6.12. The van der Waals surface area contributed by atoms with Gasteiger partial charge in [0, 0.05) is 5.56 Å². The number of fused-ring (bicyclic) bond motifs is 1. The predicted molar refractivity (Wildman–Crippen MR) is 88.9 cm³/mol. The fourth-order valence-corrected chi connectivity index (χ4v) is 2.74. The van der Waals surface area contributed by atoms with Crippen molar-refractivity contribution in [3.63, 3.8) is 0 Å². The number of esters is 1. The Balaban J connectivity index is 2.30. The normalized spacial score (nSPS) is 10.6. The number of carbonyl (C=O) groups is 1. The topological polar surface area (TPSA) is 52.3 Å². The van der Waals surface area contributed by atoms with Gasteiger partial charge in [-0.25, -0.2) is 4.79 Å². The number of nitrogens with two attached hydrogens (primary N) is 1. The minimum Gasteiger partial charge on any atom is -0.462 e. The van der Waals surface area contributed by atoms with Crippen LogP contribution in [-0.4, -0.2) is 12.6 Å². The molecule has 0 fully saturated rings. The first kappa shape index (κ1) is 14.1. The Hall–Kier alpha value is -2.81. The summed E-state index contributed by atoms with van der Waals surface area (Å²) in [5.41, 5.74) is 10.9. The van der Waals surface area contributed by atoms with Gasteiger partial charge < -0.3 is 10.5 Å². The van der Waals surface area contributed by atoms with Gasteiger partial charge in [-0.2, -0.15) is 0 Å². The van der Waals surface area contributed by atoms with Crippen LogP contribution in [0.1, 0.15) is 17.3 Å². The summed E-state index contributed by atoms with van der Waals surface area (Å²) in [6, 6.07) is 19.5. The van der Waals surface area contributed by atoms with Gasteiger partial charge >= 0.3 is 5.97 Å². The maximum absolute atomic E-state index is 12.3. The third-order valence-electron chi connectivity index (χ3n) is 3.66. The van der Waals surface area contributed by atoms with Crippen molar-refractivity contribution in [3.8, 4) is 22.3 Å². The Kier molecular flexibility index (Phi) is 3.79. The monoisotopic (exact) mass is 291 g/mol. The molecule has 3 rings (SSSR count). The smallest absolute Gasteiger partial charge is 0.340 e. The number of hydrogen-bond acceptors (Lipinski definition) is 3. The van der Waals surface area contributed by atoms with Crippen LogP contribution in [0.3, 0.4) is 0 Å². The maximum Gasteiger partial charge on any atom is 0.340 e. The summed E-state index contributed by atoms with van der Waals surface area (Å²) >= 11 is 0. The minimum atomic E-state index is -0.376. The van der Waals surface area contributed by atoms with E-state index in [4.69, 9.17) is 10.5 Å². The van der Waals surface area contributed by atoms with Crippen LogP contribution in [0.5, 0.6) is 0 Å². The molecular formula is C19H17NO2. The molecule has 22 heavy (non-hydrogen) atoms. The van der Waals surface area contributed by atoms with Crippen molar-refractivity contribution in [2.45, 2.75) is 6.92 Å². The molecule has 2 aliphatic rings. The van der Waals surface area contributed by atoms with E-state index in [2.05, 4.69) is 0 Å². The van der Waals surface area contributed by atoms with Crippen LogP contribution in [0, 0.1) is 0 Å². The highest BCUT2D eigenvalue weighted by atomic mass is 16.5. The summed E-state index contributed by atoms with van der Waals surface area (Å²) in [4.78, 5) is 12.3. The second-order valence-corrected chi connectivity index (χ2v) is 4.99. The molecular weight excluding hydrogens is 274 g/mol. The number of ether oxygens (including phenoxy) is 1. The van der Waals surface area contributed by atoms with Gasteiger partial charge in [-0.3, -0.25) is 0 Å². The largest absolute Gasteiger partial charge is 0.462 e. The maximum atomic E-state index is 12.3. The molecule has 1 aromatic carbocycles. The van der Waals surface area contributed by atoms with Gasteiger partial charge in [0.1, 0.15) is 0 Å². The number of carbonyl (C=O) groups excluding carboxylic acids is 1. The number of benzene rings is 1. The lowest BCUT2D eigenvalue weighted by molar-refractivity contribution is 0.0529. The van der Waals surface area contributed by atoms with Crippen molar-refractivity contribution in [2.24, 2.45) is 0 Å². The fourth-order valence-electron chi connectivity index (χ4n) is 2.74. The van der Waals surface area contributed by atoms with Gasteiger partial charge in [0.2, 0.25) is 0 Å². The molecule has 3 nitrogen and oxygen atoms in total. The van der Waals surface area contributed by atoms with Gasteiger partial charge in [0.05, 0.1) is 17.9 Å². The first-order valence-corrected chi connectivity index (χ1v) is 7.26. The third-order valence-corrected chi connectivity index (χ3v) is 3.66. The van der Waals surface area contributed by atoms with Crippen molar-refractivity contribution < 1.29 is 9.53 Å². The molecule has 0 unspecified atom stereocenters. The van der Waals surface area contributed by atoms with E-state index in [0.717, 1.165) is 22.3 Å². The molecule has 0 aromatic heterocycles. The molecule has 2 N–H and O–H groups in total. The number of hydrogen-bond donors (Lipinski definition) is 1. The average molecular weight is 291 g/mol. The number of rotatable bonds is 3. The zero-order valence-corrected chi connectivity index (χ0v) is 12.4. The summed E-state index contributed by atoms with van der Waals surface area (Å²) in [5.74, 6) is -0.376. The van der Waals surface area contributed by atoms with E-state index in [1.54, 1.807) is 6.92 Å². The van der Waals surface area contributed by atoms with Gasteiger partial charge in [0.25, 0.3) is 0 Å². The van der Waals surface area contributed by atoms with Crippen LogP contribution < -0.4 is 5.73 Å². The molecule has 0 atom stereocenters. The molecule has 1 aromatic rings. The second-order valence-electron chi connectivity index (χ2n) is 4.99. The van der Waals surface area contributed by atoms with E-state index in [1.165, 1.54) is 0 Å². The second kappa shape index (κ2) is 5.90. The highest BCUT2D eigenvalue weighted by Crippen LogP contribution is 2.44. The molecule has 0 saturated carbocycles. The van der Waals surface area contributed by atoms with Crippen molar-refractivity contribution in [2.75, 3.05) is 12.3 Å². The van der Waals surface area contributed by atoms with Crippen LogP contribution in [0.15, 0.2) is 60.7 Å². The minimum absolute atomic E-state index is 0.324. The molecule has 0 saturated heterocycles. The lowest BCUT2D eigenvalue weighted by atomic mass is 10.0. The van der Waals surface area contributed by atoms with Crippen molar-refractivity contribution in [1.29, 1.82) is 0 Å². The molecule has 110 valence electrons. The molecule has 0 amide bonds. The zero-order valence-electron chi connectivity index (χ0n) is 12.4. The quantitative estimate of drug-likeness (QED) is 0.735. The Morgan fingerprint density at radius 2 is 1.55 bits per heavy atom. The van der Waals surface area contributed by atoms with Crippen molar-refractivity contribution >= 4 is 11.7 Å². The Morgan fingerprint density at radius 1 is 0.955 bits per heavy atom. The average Bonchev–Trinajstić information content (AvgIpc) is 2.66. The van der Waals surface area contributed by atoms with Crippen molar-refractivity contribution in [3.05, 3.63) is 66.2 Å². The van der Waals surface area contributed by atoms with E-state index < -0.39 is 0 Å². The van der Waals surface area contributed by atoms with E-state index in [0.29, 0.717) is 17.9 Å².